The lowest BCUT2D eigenvalue weighted by molar-refractivity contribution is 0.333. The number of hydrogen-bond acceptors (Lipinski definition) is 2. The van der Waals surface area contributed by atoms with E-state index >= 15 is 0 Å². The normalized spacial score (nSPS) is 10.4. The molecule has 0 atom stereocenters. The van der Waals surface area contributed by atoms with E-state index in [0.29, 0.717) is 34.0 Å². The van der Waals surface area contributed by atoms with Crippen LogP contribution in [0.15, 0.2) is 36.4 Å². The van der Waals surface area contributed by atoms with Crippen molar-refractivity contribution in [3.8, 4) is 5.75 Å². The molecule has 2 rings (SSSR count). The molecule has 0 aliphatic carbocycles. The number of para-hydroxylation sites is 1. The van der Waals surface area contributed by atoms with E-state index in [4.69, 9.17) is 39.5 Å². The zero-order chi connectivity index (χ0) is 14.5. The molecule has 5 heteroatoms. The SMILES string of the molecule is Cc1ccccc1NCCOc1c(Cl)cc(Cl)cc1Cl. The smallest absolute Gasteiger partial charge is 0.156 e. The number of rotatable bonds is 5. The quantitative estimate of drug-likeness (QED) is 0.736. The molecular weight excluding hydrogens is 317 g/mol. The highest BCUT2D eigenvalue weighted by molar-refractivity contribution is 6.40. The number of hydrogen-bond donors (Lipinski definition) is 1. The molecule has 0 fully saturated rings. The fourth-order valence-corrected chi connectivity index (χ4v) is 2.70. The number of nitrogens with one attached hydrogen (secondary N) is 1. The molecule has 2 aromatic carbocycles. The van der Waals surface area contributed by atoms with E-state index in [1.165, 1.54) is 5.56 Å². The van der Waals surface area contributed by atoms with E-state index in [1.807, 2.05) is 18.2 Å². The summed E-state index contributed by atoms with van der Waals surface area (Å²) in [5.41, 5.74) is 2.28. The Labute approximate surface area is 133 Å². The number of halogens is 3. The molecule has 2 nitrogen and oxygen atoms in total. The van der Waals surface area contributed by atoms with Crippen LogP contribution in [0.3, 0.4) is 0 Å². The summed E-state index contributed by atoms with van der Waals surface area (Å²) < 4.78 is 5.60. The van der Waals surface area contributed by atoms with E-state index in [-0.39, 0.29) is 0 Å². The minimum absolute atomic E-state index is 0.415. The summed E-state index contributed by atoms with van der Waals surface area (Å²) >= 11 is 17.9. The second-order valence-electron chi connectivity index (χ2n) is 4.29. The minimum atomic E-state index is 0.415. The number of anilines is 1. The molecule has 0 unspecified atom stereocenters. The first-order valence-corrected chi connectivity index (χ1v) is 7.28. The molecule has 0 aliphatic rings. The lowest BCUT2D eigenvalue weighted by Crippen LogP contribution is -2.12. The van der Waals surface area contributed by atoms with Gasteiger partial charge in [0.25, 0.3) is 0 Å². The first-order valence-electron chi connectivity index (χ1n) is 6.15. The zero-order valence-corrected chi connectivity index (χ0v) is 13.2. The van der Waals surface area contributed by atoms with Crippen molar-refractivity contribution < 1.29 is 4.74 Å². The maximum absolute atomic E-state index is 6.04. The average Bonchev–Trinajstić information content (AvgIpc) is 2.38. The van der Waals surface area contributed by atoms with Crippen molar-refractivity contribution in [1.82, 2.24) is 0 Å². The molecule has 0 amide bonds. The molecule has 0 saturated heterocycles. The lowest BCUT2D eigenvalue weighted by Gasteiger charge is -2.12. The van der Waals surface area contributed by atoms with Gasteiger partial charge in [0.05, 0.1) is 10.0 Å². The van der Waals surface area contributed by atoms with Crippen LogP contribution in [0, 0.1) is 6.92 Å². The van der Waals surface area contributed by atoms with Crippen molar-refractivity contribution in [3.05, 3.63) is 57.0 Å². The van der Waals surface area contributed by atoms with Gasteiger partial charge >= 0.3 is 0 Å². The summed E-state index contributed by atoms with van der Waals surface area (Å²) in [5.74, 6) is 0.462. The molecular formula is C15H14Cl3NO. The Hall–Kier alpha value is -1.09. The maximum Gasteiger partial charge on any atom is 0.156 e. The van der Waals surface area contributed by atoms with Crippen LogP contribution >= 0.6 is 34.8 Å². The Bertz CT molecular complexity index is 578. The third-order valence-electron chi connectivity index (χ3n) is 2.77. The molecule has 106 valence electrons. The van der Waals surface area contributed by atoms with E-state index in [2.05, 4.69) is 18.3 Å². The highest BCUT2D eigenvalue weighted by Crippen LogP contribution is 2.35. The van der Waals surface area contributed by atoms with Gasteiger partial charge in [-0.25, -0.2) is 0 Å². The molecule has 0 bridgehead atoms. The van der Waals surface area contributed by atoms with Crippen molar-refractivity contribution >= 4 is 40.5 Å². The van der Waals surface area contributed by atoms with Gasteiger partial charge in [-0.05, 0) is 30.7 Å². The highest BCUT2D eigenvalue weighted by Gasteiger charge is 2.08. The molecule has 0 radical (unpaired) electrons. The first kappa shape index (κ1) is 15.3. The minimum Gasteiger partial charge on any atom is -0.489 e. The second-order valence-corrected chi connectivity index (χ2v) is 5.54. The molecule has 20 heavy (non-hydrogen) atoms. The van der Waals surface area contributed by atoms with Crippen molar-refractivity contribution in [1.29, 1.82) is 0 Å². The van der Waals surface area contributed by atoms with Crippen LogP contribution in [-0.2, 0) is 0 Å². The molecule has 0 spiro atoms. The Kier molecular flexibility index (Phi) is 5.41. The largest absolute Gasteiger partial charge is 0.489 e. The van der Waals surface area contributed by atoms with Crippen LogP contribution in [-0.4, -0.2) is 13.2 Å². The van der Waals surface area contributed by atoms with Gasteiger partial charge in [-0.15, -0.1) is 0 Å². The van der Waals surface area contributed by atoms with Crippen molar-refractivity contribution in [2.24, 2.45) is 0 Å². The van der Waals surface area contributed by atoms with Gasteiger partial charge in [-0.3, -0.25) is 0 Å². The van der Waals surface area contributed by atoms with Crippen LogP contribution in [0.1, 0.15) is 5.56 Å². The summed E-state index contributed by atoms with van der Waals surface area (Å²) in [7, 11) is 0. The van der Waals surface area contributed by atoms with Crippen molar-refractivity contribution in [3.63, 3.8) is 0 Å². The Morgan fingerprint density at radius 1 is 1.05 bits per heavy atom. The number of benzene rings is 2. The Balaban J connectivity index is 1.90. The van der Waals surface area contributed by atoms with E-state index in [0.717, 1.165) is 5.69 Å². The van der Waals surface area contributed by atoms with E-state index in [9.17, 15) is 0 Å². The van der Waals surface area contributed by atoms with Gasteiger partial charge in [0.15, 0.2) is 5.75 Å². The van der Waals surface area contributed by atoms with Crippen LogP contribution in [0.4, 0.5) is 5.69 Å². The number of aryl methyl sites for hydroxylation is 1. The van der Waals surface area contributed by atoms with Gasteiger partial charge in [0, 0.05) is 17.3 Å². The van der Waals surface area contributed by atoms with Crippen LogP contribution in [0.5, 0.6) is 5.75 Å². The van der Waals surface area contributed by atoms with Gasteiger partial charge in [-0.2, -0.15) is 0 Å². The summed E-state index contributed by atoms with van der Waals surface area (Å²) in [6.07, 6.45) is 0. The maximum atomic E-state index is 6.04. The summed E-state index contributed by atoms with van der Waals surface area (Å²) in [6.45, 7) is 3.16. The first-order chi connectivity index (χ1) is 9.58. The average molecular weight is 331 g/mol. The van der Waals surface area contributed by atoms with E-state index < -0.39 is 0 Å². The molecule has 0 aromatic heterocycles. The monoisotopic (exact) mass is 329 g/mol. The third kappa shape index (κ3) is 3.95. The van der Waals surface area contributed by atoms with Crippen LogP contribution < -0.4 is 10.1 Å². The summed E-state index contributed by atoms with van der Waals surface area (Å²) in [4.78, 5) is 0. The molecule has 2 aromatic rings. The predicted molar refractivity (Wildman–Crippen MR) is 86.6 cm³/mol. The number of ether oxygens (including phenoxy) is 1. The Morgan fingerprint density at radius 3 is 2.35 bits per heavy atom. The summed E-state index contributed by atoms with van der Waals surface area (Å²) in [5, 5.41) is 4.62. The fourth-order valence-electron chi connectivity index (χ4n) is 1.78. The third-order valence-corrected chi connectivity index (χ3v) is 3.55. The van der Waals surface area contributed by atoms with Crippen LogP contribution in [0.2, 0.25) is 15.1 Å². The van der Waals surface area contributed by atoms with Crippen molar-refractivity contribution in [2.75, 3.05) is 18.5 Å². The van der Waals surface area contributed by atoms with Gasteiger partial charge in [0.1, 0.15) is 6.61 Å². The Morgan fingerprint density at radius 2 is 1.70 bits per heavy atom. The molecule has 1 N–H and O–H groups in total. The second kappa shape index (κ2) is 7.07. The predicted octanol–water partition coefficient (Wildman–Crippen LogP) is 5.45. The molecule has 0 aliphatic heterocycles. The van der Waals surface area contributed by atoms with Gasteiger partial charge < -0.3 is 10.1 Å². The van der Waals surface area contributed by atoms with Gasteiger partial charge in [0.2, 0.25) is 0 Å². The lowest BCUT2D eigenvalue weighted by atomic mass is 10.2. The standard InChI is InChI=1S/C15H14Cl3NO/c1-10-4-2-3-5-14(10)19-6-7-20-15-12(17)8-11(16)9-13(15)18/h2-5,8-9,19H,6-7H2,1H3. The zero-order valence-electron chi connectivity index (χ0n) is 10.9. The van der Waals surface area contributed by atoms with Crippen molar-refractivity contribution in [2.45, 2.75) is 6.92 Å². The van der Waals surface area contributed by atoms with Gasteiger partial charge in [-0.1, -0.05) is 53.0 Å². The van der Waals surface area contributed by atoms with Crippen LogP contribution in [0.25, 0.3) is 0 Å². The summed E-state index contributed by atoms with van der Waals surface area (Å²) in [6, 6.07) is 11.3. The van der Waals surface area contributed by atoms with E-state index in [1.54, 1.807) is 12.1 Å². The topological polar surface area (TPSA) is 21.3 Å². The molecule has 0 saturated carbocycles. The fraction of sp³-hybridized carbons (Fsp3) is 0.200. The molecule has 0 heterocycles. The highest BCUT2D eigenvalue weighted by atomic mass is 35.5.